The van der Waals surface area contributed by atoms with E-state index in [1.165, 1.54) is 49.8 Å². The minimum atomic E-state index is 0.456. The van der Waals surface area contributed by atoms with Crippen LogP contribution in [0.25, 0.3) is 0 Å². The summed E-state index contributed by atoms with van der Waals surface area (Å²) in [5, 5.41) is 11.0. The molecule has 3 heteroatoms. The van der Waals surface area contributed by atoms with Gasteiger partial charge in [-0.25, -0.2) is 0 Å². The molecule has 98 valence electrons. The average Bonchev–Trinajstić information content (AvgIpc) is 2.76. The molecule has 0 unspecified atom stereocenters. The van der Waals surface area contributed by atoms with E-state index in [0.29, 0.717) is 5.41 Å². The Morgan fingerprint density at radius 1 is 1.22 bits per heavy atom. The first-order chi connectivity index (χ1) is 8.79. The lowest BCUT2D eigenvalue weighted by atomic mass is 9.48. The number of rotatable bonds is 3. The highest BCUT2D eigenvalue weighted by Crippen LogP contribution is 2.60. The van der Waals surface area contributed by atoms with E-state index in [0.717, 1.165) is 24.3 Å². The first-order valence-corrected chi connectivity index (χ1v) is 7.46. The number of nitrogens with zero attached hydrogens (tertiary/aromatic N) is 1. The number of H-pyrrole nitrogens is 1. The van der Waals surface area contributed by atoms with Crippen LogP contribution in [0.3, 0.4) is 0 Å². The molecule has 0 spiro atoms. The van der Waals surface area contributed by atoms with Gasteiger partial charge in [-0.3, -0.25) is 5.10 Å². The molecule has 0 atom stereocenters. The summed E-state index contributed by atoms with van der Waals surface area (Å²) in [6, 6.07) is 0. The largest absolute Gasteiger partial charge is 0.316 e. The summed E-state index contributed by atoms with van der Waals surface area (Å²) >= 11 is 0. The van der Waals surface area contributed by atoms with Crippen molar-refractivity contribution >= 4 is 0 Å². The molecule has 0 aliphatic heterocycles. The molecule has 1 aromatic heterocycles. The van der Waals surface area contributed by atoms with Gasteiger partial charge in [0.1, 0.15) is 0 Å². The lowest BCUT2D eigenvalue weighted by Gasteiger charge is -2.56. The minimum Gasteiger partial charge on any atom is -0.316 e. The predicted molar refractivity (Wildman–Crippen MR) is 71.2 cm³/mol. The molecular weight excluding hydrogens is 222 g/mol. The molecule has 0 amide bonds. The summed E-state index contributed by atoms with van der Waals surface area (Å²) in [5.41, 5.74) is 3.33. The molecule has 1 aromatic rings. The number of hydrogen-bond acceptors (Lipinski definition) is 2. The van der Waals surface area contributed by atoms with Gasteiger partial charge in [0.05, 0.1) is 6.20 Å². The third-order valence-corrected chi connectivity index (χ3v) is 5.65. The van der Waals surface area contributed by atoms with Gasteiger partial charge in [-0.1, -0.05) is 0 Å². The smallest absolute Gasteiger partial charge is 0.0535 e. The molecule has 2 N–H and O–H groups in total. The maximum atomic E-state index is 4.33. The molecule has 1 heterocycles. The van der Waals surface area contributed by atoms with E-state index in [2.05, 4.69) is 15.5 Å². The second-order valence-electron chi connectivity index (χ2n) is 7.00. The van der Waals surface area contributed by atoms with Crippen molar-refractivity contribution in [1.29, 1.82) is 0 Å². The highest BCUT2D eigenvalue weighted by atomic mass is 15.1. The summed E-state index contributed by atoms with van der Waals surface area (Å²) in [7, 11) is 2.02. The second-order valence-corrected chi connectivity index (χ2v) is 7.00. The molecule has 3 nitrogen and oxygen atoms in total. The van der Waals surface area contributed by atoms with Crippen molar-refractivity contribution in [3.05, 3.63) is 17.5 Å². The second kappa shape index (κ2) is 3.83. The van der Waals surface area contributed by atoms with Crippen LogP contribution in [0.4, 0.5) is 0 Å². The van der Waals surface area contributed by atoms with E-state index in [-0.39, 0.29) is 0 Å². The zero-order chi connectivity index (χ0) is 12.2. The van der Waals surface area contributed by atoms with Crippen LogP contribution in [0, 0.1) is 17.8 Å². The summed E-state index contributed by atoms with van der Waals surface area (Å²) in [5.74, 6) is 3.01. The van der Waals surface area contributed by atoms with Crippen LogP contribution in [-0.2, 0) is 12.0 Å². The SMILES string of the molecule is CNCc1cn[nH]c1C12CC3CC(CC(C3)C1)C2. The maximum absolute atomic E-state index is 4.33. The zero-order valence-electron chi connectivity index (χ0n) is 11.2. The van der Waals surface area contributed by atoms with E-state index in [1.807, 2.05) is 13.2 Å². The Labute approximate surface area is 109 Å². The van der Waals surface area contributed by atoms with Gasteiger partial charge in [-0.2, -0.15) is 5.10 Å². The van der Waals surface area contributed by atoms with E-state index >= 15 is 0 Å². The van der Waals surface area contributed by atoms with Gasteiger partial charge in [0.25, 0.3) is 0 Å². The van der Waals surface area contributed by atoms with Crippen LogP contribution < -0.4 is 5.32 Å². The van der Waals surface area contributed by atoms with E-state index < -0.39 is 0 Å². The highest BCUT2D eigenvalue weighted by molar-refractivity contribution is 5.29. The van der Waals surface area contributed by atoms with Gasteiger partial charge < -0.3 is 5.32 Å². The van der Waals surface area contributed by atoms with E-state index in [4.69, 9.17) is 0 Å². The molecule has 0 aromatic carbocycles. The van der Waals surface area contributed by atoms with Gasteiger partial charge >= 0.3 is 0 Å². The number of aromatic nitrogens is 2. The van der Waals surface area contributed by atoms with Crippen molar-refractivity contribution in [3.63, 3.8) is 0 Å². The van der Waals surface area contributed by atoms with Crippen LogP contribution >= 0.6 is 0 Å². The summed E-state index contributed by atoms with van der Waals surface area (Å²) in [4.78, 5) is 0. The molecule has 0 radical (unpaired) electrons. The van der Waals surface area contributed by atoms with Gasteiger partial charge in [-0.15, -0.1) is 0 Å². The third kappa shape index (κ3) is 1.49. The number of aromatic amines is 1. The van der Waals surface area contributed by atoms with Gasteiger partial charge in [-0.05, 0) is 63.3 Å². The van der Waals surface area contributed by atoms with Crippen LogP contribution in [0.2, 0.25) is 0 Å². The normalized spacial score (nSPS) is 41.5. The first-order valence-electron chi connectivity index (χ1n) is 7.46. The maximum Gasteiger partial charge on any atom is 0.0535 e. The van der Waals surface area contributed by atoms with Crippen molar-refractivity contribution < 1.29 is 0 Å². The fraction of sp³-hybridized carbons (Fsp3) is 0.800. The lowest BCUT2D eigenvalue weighted by molar-refractivity contribution is -0.00763. The average molecular weight is 245 g/mol. The van der Waals surface area contributed by atoms with Crippen molar-refractivity contribution in [2.45, 2.75) is 50.5 Å². The van der Waals surface area contributed by atoms with Crippen molar-refractivity contribution in [2.75, 3.05) is 7.05 Å². The Bertz CT molecular complexity index is 413. The number of hydrogen-bond donors (Lipinski definition) is 2. The fourth-order valence-electron chi connectivity index (χ4n) is 5.51. The predicted octanol–water partition coefficient (Wildman–Crippen LogP) is 2.60. The van der Waals surface area contributed by atoms with Gasteiger partial charge in [0, 0.05) is 23.2 Å². The van der Waals surface area contributed by atoms with Gasteiger partial charge in [0.2, 0.25) is 0 Å². The summed E-state index contributed by atoms with van der Waals surface area (Å²) < 4.78 is 0. The van der Waals surface area contributed by atoms with E-state index in [1.54, 1.807) is 0 Å². The van der Waals surface area contributed by atoms with Crippen molar-refractivity contribution in [1.82, 2.24) is 15.5 Å². The van der Waals surface area contributed by atoms with E-state index in [9.17, 15) is 0 Å². The molecule has 4 bridgehead atoms. The van der Waals surface area contributed by atoms with Gasteiger partial charge in [0.15, 0.2) is 0 Å². The Morgan fingerprint density at radius 3 is 2.39 bits per heavy atom. The highest BCUT2D eigenvalue weighted by Gasteiger charge is 2.52. The van der Waals surface area contributed by atoms with Crippen molar-refractivity contribution in [2.24, 2.45) is 17.8 Å². The van der Waals surface area contributed by atoms with Crippen molar-refractivity contribution in [3.8, 4) is 0 Å². The monoisotopic (exact) mass is 245 g/mol. The van der Waals surface area contributed by atoms with Crippen LogP contribution in [0.1, 0.15) is 49.8 Å². The summed E-state index contributed by atoms with van der Waals surface area (Å²) in [6.45, 7) is 0.952. The quantitative estimate of drug-likeness (QED) is 0.859. The standard InChI is InChI=1S/C15H23N3/c1-16-8-13-9-17-18-14(13)15-5-10-2-11(6-15)4-12(3-10)7-15/h9-12,16H,2-8H2,1H3,(H,17,18). The lowest BCUT2D eigenvalue weighted by Crippen LogP contribution is -2.49. The first kappa shape index (κ1) is 11.0. The third-order valence-electron chi connectivity index (χ3n) is 5.65. The van der Waals surface area contributed by atoms with Crippen LogP contribution in [-0.4, -0.2) is 17.2 Å². The molecule has 4 fully saturated rings. The summed E-state index contributed by atoms with van der Waals surface area (Å²) in [6.07, 6.45) is 10.8. The Morgan fingerprint density at radius 2 is 1.83 bits per heavy atom. The Balaban J connectivity index is 1.72. The Hall–Kier alpha value is -0.830. The molecule has 4 aliphatic rings. The van der Waals surface area contributed by atoms with Crippen LogP contribution in [0.5, 0.6) is 0 Å². The molecule has 4 saturated carbocycles. The molecule has 4 aliphatic carbocycles. The molecule has 0 saturated heterocycles. The minimum absolute atomic E-state index is 0.456. The topological polar surface area (TPSA) is 40.7 Å². The molecule has 18 heavy (non-hydrogen) atoms. The molecule has 5 rings (SSSR count). The Kier molecular flexibility index (Phi) is 2.35. The fourth-order valence-corrected chi connectivity index (χ4v) is 5.51. The number of nitrogens with one attached hydrogen (secondary N) is 2. The molecular formula is C15H23N3. The van der Waals surface area contributed by atoms with Crippen LogP contribution in [0.15, 0.2) is 6.20 Å². The zero-order valence-corrected chi connectivity index (χ0v) is 11.2.